The first-order valence-electron chi connectivity index (χ1n) is 12.8. The quantitative estimate of drug-likeness (QED) is 0.255. The van der Waals surface area contributed by atoms with E-state index in [1.165, 1.54) is 26.4 Å². The zero-order valence-electron chi connectivity index (χ0n) is 21.3. The Morgan fingerprint density at radius 1 is 0.947 bits per heavy atom. The number of esters is 1. The van der Waals surface area contributed by atoms with Crippen molar-refractivity contribution in [2.24, 2.45) is 0 Å². The predicted molar refractivity (Wildman–Crippen MR) is 131 cm³/mol. The first-order valence-corrected chi connectivity index (χ1v) is 12.8. The molecule has 4 rings (SSSR count). The van der Waals surface area contributed by atoms with Gasteiger partial charge in [0.1, 0.15) is 12.4 Å². The molecule has 2 fully saturated rings. The lowest BCUT2D eigenvalue weighted by molar-refractivity contribution is -0.142. The zero-order chi connectivity index (χ0) is 27.8. The molecule has 0 N–H and O–H groups in total. The highest BCUT2D eigenvalue weighted by molar-refractivity contribution is 5.69. The number of aryl methyl sites for hydroxylation is 1. The average Bonchev–Trinajstić information content (AvgIpc) is 3.76. The van der Waals surface area contributed by atoms with Gasteiger partial charge in [-0.2, -0.15) is 26.3 Å². The van der Waals surface area contributed by atoms with Crippen LogP contribution in [-0.4, -0.2) is 37.2 Å². The van der Waals surface area contributed by atoms with Crippen molar-refractivity contribution in [3.63, 3.8) is 0 Å². The van der Waals surface area contributed by atoms with Gasteiger partial charge in [0.05, 0.1) is 18.2 Å². The van der Waals surface area contributed by atoms with E-state index in [1.54, 1.807) is 23.1 Å². The van der Waals surface area contributed by atoms with Crippen LogP contribution < -0.4 is 4.74 Å². The maximum absolute atomic E-state index is 13.5. The molecule has 1 aliphatic carbocycles. The summed E-state index contributed by atoms with van der Waals surface area (Å²) in [5.74, 6) is 0.218. The average molecular weight is 546 g/mol. The Labute approximate surface area is 218 Å². The molecule has 1 unspecified atom stereocenters. The minimum atomic E-state index is -4.76. The molecule has 0 spiro atoms. The van der Waals surface area contributed by atoms with Crippen LogP contribution in [0.5, 0.6) is 5.75 Å². The fourth-order valence-corrected chi connectivity index (χ4v) is 4.18. The molecular formula is C28H33F6NO3. The van der Waals surface area contributed by atoms with Crippen LogP contribution in [0.2, 0.25) is 0 Å². The van der Waals surface area contributed by atoms with Crippen LogP contribution in [0.15, 0.2) is 42.5 Å². The molecule has 0 bridgehead atoms. The number of alkyl halides is 6. The van der Waals surface area contributed by atoms with Gasteiger partial charge >= 0.3 is 18.3 Å². The van der Waals surface area contributed by atoms with Crippen LogP contribution in [0.1, 0.15) is 67.2 Å². The van der Waals surface area contributed by atoms with Crippen molar-refractivity contribution in [2.45, 2.75) is 76.3 Å². The Bertz CT molecular complexity index is 1050. The maximum atomic E-state index is 13.5. The van der Waals surface area contributed by atoms with Crippen molar-refractivity contribution >= 4 is 5.97 Å². The molecule has 1 saturated carbocycles. The van der Waals surface area contributed by atoms with Gasteiger partial charge in [0, 0.05) is 19.0 Å². The Morgan fingerprint density at radius 2 is 1.68 bits per heavy atom. The van der Waals surface area contributed by atoms with Crippen LogP contribution in [0.25, 0.3) is 0 Å². The molecule has 2 aliphatic rings. The number of likely N-dealkylation sites (tertiary alicyclic amines) is 1. The molecule has 0 amide bonds. The fraction of sp³-hybridized carbons (Fsp3) is 0.536. The van der Waals surface area contributed by atoms with Gasteiger partial charge in [0.25, 0.3) is 0 Å². The molecule has 0 aromatic heterocycles. The molecule has 210 valence electrons. The number of ether oxygens (including phenoxy) is 2. The summed E-state index contributed by atoms with van der Waals surface area (Å²) in [4.78, 5) is 13.1. The van der Waals surface area contributed by atoms with E-state index in [9.17, 15) is 31.1 Å². The molecule has 0 radical (unpaired) electrons. The number of methoxy groups -OCH3 is 1. The van der Waals surface area contributed by atoms with Crippen molar-refractivity contribution < 1.29 is 40.6 Å². The number of hydrogen-bond donors (Lipinski definition) is 0. The molecule has 1 aliphatic heterocycles. The zero-order valence-corrected chi connectivity index (χ0v) is 21.3. The third-order valence-corrected chi connectivity index (χ3v) is 6.40. The van der Waals surface area contributed by atoms with E-state index < -0.39 is 29.0 Å². The molecule has 1 atom stereocenters. The van der Waals surface area contributed by atoms with Gasteiger partial charge < -0.3 is 9.47 Å². The first-order chi connectivity index (χ1) is 18.0. The highest BCUT2D eigenvalue weighted by atomic mass is 19.4. The van der Waals surface area contributed by atoms with E-state index in [2.05, 4.69) is 4.74 Å². The molecule has 10 heteroatoms. The summed E-state index contributed by atoms with van der Waals surface area (Å²) >= 11 is 0. The van der Waals surface area contributed by atoms with Crippen LogP contribution in [-0.2, 0) is 34.8 Å². The third-order valence-electron chi connectivity index (χ3n) is 6.40. The lowest BCUT2D eigenvalue weighted by atomic mass is 9.98. The van der Waals surface area contributed by atoms with E-state index in [1.807, 2.05) is 6.07 Å². The van der Waals surface area contributed by atoms with Gasteiger partial charge in [-0.05, 0) is 67.3 Å². The van der Waals surface area contributed by atoms with E-state index >= 15 is 0 Å². The summed E-state index contributed by atoms with van der Waals surface area (Å²) in [6.45, 7) is 0.382. The maximum Gasteiger partial charge on any atom is 0.416 e. The van der Waals surface area contributed by atoms with Crippen LogP contribution in [0.4, 0.5) is 26.3 Å². The number of hydrogen-bond acceptors (Lipinski definition) is 4. The number of carbonyl (C=O) groups excluding carboxylic acids is 1. The van der Waals surface area contributed by atoms with Crippen molar-refractivity contribution in [1.29, 1.82) is 0 Å². The molecule has 38 heavy (non-hydrogen) atoms. The Balaban J connectivity index is 0.00000124. The number of benzene rings is 2. The number of rotatable bonds is 8. The van der Waals surface area contributed by atoms with Gasteiger partial charge in [0.15, 0.2) is 0 Å². The smallest absolute Gasteiger partial charge is 0.416 e. The summed E-state index contributed by atoms with van der Waals surface area (Å²) in [6, 6.07) is 8.46. The van der Waals surface area contributed by atoms with E-state index in [4.69, 9.17) is 4.74 Å². The fourth-order valence-electron chi connectivity index (χ4n) is 4.18. The van der Waals surface area contributed by atoms with Crippen molar-refractivity contribution in [3.05, 3.63) is 64.7 Å². The van der Waals surface area contributed by atoms with Gasteiger partial charge in [0.2, 0.25) is 0 Å². The Morgan fingerprint density at radius 3 is 2.32 bits per heavy atom. The number of halogens is 6. The van der Waals surface area contributed by atoms with Crippen molar-refractivity contribution in [3.8, 4) is 5.75 Å². The lowest BCUT2D eigenvalue weighted by Crippen LogP contribution is -2.43. The predicted octanol–water partition coefficient (Wildman–Crippen LogP) is 7.43. The second kappa shape index (κ2) is 13.4. The highest BCUT2D eigenvalue weighted by Crippen LogP contribution is 2.37. The highest BCUT2D eigenvalue weighted by Gasteiger charge is 2.38. The summed E-state index contributed by atoms with van der Waals surface area (Å²) in [5, 5.41) is 0. The van der Waals surface area contributed by atoms with Gasteiger partial charge in [-0.3, -0.25) is 9.69 Å². The molecule has 2 aromatic rings. The normalized spacial score (nSPS) is 17.8. The molecule has 1 saturated heterocycles. The molecular weight excluding hydrogens is 512 g/mol. The SMILES string of the molecule is C1CC1.COC(=O)CCc1cccc(OCC2CCCCN2Cc2cc(C(F)(F)F)ccc2C(F)(F)F)c1. The summed E-state index contributed by atoms with van der Waals surface area (Å²) < 4.78 is 90.6. The first kappa shape index (κ1) is 29.8. The standard InChI is InChI=1S/C25H27F6NO3.C3H6/c1-34-23(33)11-8-17-5-4-7-21(13-17)35-16-20-6-2-3-12-32(20)15-18-14-19(24(26,27)28)9-10-22(18)25(29,30)31;1-2-3-1/h4-5,7,9-10,13-14,20H,2-3,6,8,11-12,15-16H2,1H3;1-3H2. The minimum absolute atomic E-state index is 0.181. The number of nitrogens with zero attached hydrogens (tertiary/aromatic N) is 1. The van der Waals surface area contributed by atoms with E-state index in [0.717, 1.165) is 18.4 Å². The Hall–Kier alpha value is -2.75. The number of carbonyl (C=O) groups is 1. The summed E-state index contributed by atoms with van der Waals surface area (Å²) in [5.41, 5.74) is -1.70. The second-order valence-corrected chi connectivity index (χ2v) is 9.58. The van der Waals surface area contributed by atoms with Crippen molar-refractivity contribution in [1.82, 2.24) is 4.90 Å². The van der Waals surface area contributed by atoms with E-state index in [-0.39, 0.29) is 31.6 Å². The van der Waals surface area contributed by atoms with Gasteiger partial charge in [-0.1, -0.05) is 37.8 Å². The molecule has 2 aromatic carbocycles. The lowest BCUT2D eigenvalue weighted by Gasteiger charge is -2.36. The number of piperidine rings is 1. The largest absolute Gasteiger partial charge is 0.492 e. The van der Waals surface area contributed by atoms with Gasteiger partial charge in [-0.25, -0.2) is 0 Å². The Kier molecular flexibility index (Phi) is 10.5. The van der Waals surface area contributed by atoms with E-state index in [0.29, 0.717) is 43.3 Å². The van der Waals surface area contributed by atoms with Crippen LogP contribution in [0.3, 0.4) is 0 Å². The molecule has 1 heterocycles. The molecule has 4 nitrogen and oxygen atoms in total. The summed E-state index contributed by atoms with van der Waals surface area (Å²) in [7, 11) is 1.31. The second-order valence-electron chi connectivity index (χ2n) is 9.58. The topological polar surface area (TPSA) is 38.8 Å². The van der Waals surface area contributed by atoms with Crippen LogP contribution in [0, 0.1) is 0 Å². The minimum Gasteiger partial charge on any atom is -0.492 e. The van der Waals surface area contributed by atoms with Crippen molar-refractivity contribution in [2.75, 3.05) is 20.3 Å². The monoisotopic (exact) mass is 545 g/mol. The third kappa shape index (κ3) is 9.53. The van der Waals surface area contributed by atoms with Gasteiger partial charge in [-0.15, -0.1) is 0 Å². The van der Waals surface area contributed by atoms with Crippen LogP contribution >= 0.6 is 0 Å². The summed E-state index contributed by atoms with van der Waals surface area (Å²) in [6.07, 6.45) is -2.07.